The third-order valence-corrected chi connectivity index (χ3v) is 3.96. The molecule has 4 N–H and O–H groups in total. The highest BCUT2D eigenvalue weighted by atomic mass is 19.1. The van der Waals surface area contributed by atoms with Crippen molar-refractivity contribution in [2.75, 3.05) is 19.9 Å². The van der Waals surface area contributed by atoms with Crippen LogP contribution in [0.25, 0.3) is 10.9 Å². The third kappa shape index (κ3) is 3.01. The van der Waals surface area contributed by atoms with E-state index in [1.807, 2.05) is 0 Å². The summed E-state index contributed by atoms with van der Waals surface area (Å²) in [5.74, 6) is -1.28. The van der Waals surface area contributed by atoms with E-state index in [1.54, 1.807) is 19.1 Å². The monoisotopic (exact) mass is 372 g/mol. The van der Waals surface area contributed by atoms with Gasteiger partial charge in [-0.2, -0.15) is 0 Å². The Morgan fingerprint density at radius 3 is 2.78 bits per heavy atom. The van der Waals surface area contributed by atoms with E-state index in [-0.39, 0.29) is 40.3 Å². The minimum Gasteiger partial charge on any atom is -0.481 e. The highest BCUT2D eigenvalue weighted by Crippen LogP contribution is 2.33. The molecule has 3 rings (SSSR count). The fourth-order valence-electron chi connectivity index (χ4n) is 2.70. The van der Waals surface area contributed by atoms with E-state index in [0.29, 0.717) is 11.2 Å². The molecule has 9 nitrogen and oxygen atoms in total. The van der Waals surface area contributed by atoms with Crippen LogP contribution in [0.2, 0.25) is 0 Å². The lowest BCUT2D eigenvalue weighted by molar-refractivity contribution is 0.245. The third-order valence-electron chi connectivity index (χ3n) is 3.96. The number of benzene rings is 1. The molecule has 3 aromatic rings. The van der Waals surface area contributed by atoms with Crippen LogP contribution in [0.15, 0.2) is 24.5 Å². The number of amides is 1. The molecule has 1 aromatic carbocycles. The van der Waals surface area contributed by atoms with Crippen LogP contribution in [0.1, 0.15) is 11.3 Å². The number of nitrogen functional groups attached to an aromatic ring is 1. The lowest BCUT2D eigenvalue weighted by Gasteiger charge is -2.12. The molecule has 0 saturated heterocycles. The number of ether oxygens (including phenoxy) is 2. The molecule has 0 radical (unpaired) electrons. The molecular weight excluding hydrogens is 355 g/mol. The molecule has 10 heteroatoms. The molecule has 0 bridgehead atoms. The second kappa shape index (κ2) is 6.90. The van der Waals surface area contributed by atoms with E-state index in [2.05, 4.69) is 15.3 Å². The van der Waals surface area contributed by atoms with Gasteiger partial charge in [-0.3, -0.25) is 9.98 Å². The minimum atomic E-state index is -0.676. The summed E-state index contributed by atoms with van der Waals surface area (Å²) in [4.78, 5) is 19.7. The van der Waals surface area contributed by atoms with Crippen molar-refractivity contribution in [3.63, 3.8) is 0 Å². The van der Waals surface area contributed by atoms with Gasteiger partial charge in [0.15, 0.2) is 11.6 Å². The van der Waals surface area contributed by atoms with Crippen molar-refractivity contribution in [1.82, 2.24) is 19.9 Å². The summed E-state index contributed by atoms with van der Waals surface area (Å²) < 4.78 is 26.8. The van der Waals surface area contributed by atoms with Crippen molar-refractivity contribution in [2.45, 2.75) is 6.92 Å². The topological polar surface area (TPSA) is 128 Å². The Morgan fingerprint density at radius 2 is 2.11 bits per heavy atom. The fraction of sp³-hybridized carbons (Fsp3) is 0.176. The number of fused-ring (bicyclic) bond motifs is 1. The number of methoxy groups -OCH3 is 1. The maximum absolute atomic E-state index is 15.0. The first-order chi connectivity index (χ1) is 12.9. The zero-order valence-corrected chi connectivity index (χ0v) is 14.8. The van der Waals surface area contributed by atoms with Crippen LogP contribution in [0.5, 0.6) is 11.6 Å². The number of carbonyl (C=O) groups excluding carboxylic acids is 1. The maximum Gasteiger partial charge on any atom is 0.325 e. The Hall–Kier alpha value is -3.69. The second-order valence-electron chi connectivity index (χ2n) is 5.56. The van der Waals surface area contributed by atoms with Gasteiger partial charge >= 0.3 is 6.03 Å². The predicted molar refractivity (Wildman–Crippen MR) is 96.8 cm³/mol. The van der Waals surface area contributed by atoms with Gasteiger partial charge in [-0.1, -0.05) is 0 Å². The quantitative estimate of drug-likeness (QED) is 0.478. The number of nitrogens with one attached hydrogen (secondary N) is 2. The number of anilines is 1. The normalized spacial score (nSPS) is 10.7. The molecule has 0 aliphatic rings. The number of carbonyl (C=O) groups is 1. The number of nitrogens with zero attached hydrogens (tertiary/aromatic N) is 3. The van der Waals surface area contributed by atoms with Crippen molar-refractivity contribution >= 4 is 28.6 Å². The summed E-state index contributed by atoms with van der Waals surface area (Å²) in [6.45, 7) is 1.69. The van der Waals surface area contributed by atoms with Gasteiger partial charge in [-0.15, -0.1) is 0 Å². The lowest BCUT2D eigenvalue weighted by atomic mass is 10.2. The zero-order valence-electron chi connectivity index (χ0n) is 14.8. The number of aromatic nitrogens is 3. The first-order valence-corrected chi connectivity index (χ1v) is 7.82. The van der Waals surface area contributed by atoms with Crippen molar-refractivity contribution in [3.8, 4) is 11.6 Å². The number of hydrogen-bond donors (Lipinski definition) is 3. The number of halogens is 1. The van der Waals surface area contributed by atoms with Crippen LogP contribution >= 0.6 is 0 Å². The van der Waals surface area contributed by atoms with E-state index in [4.69, 9.17) is 20.6 Å². The lowest BCUT2D eigenvalue weighted by Crippen LogP contribution is -2.25. The zero-order chi connectivity index (χ0) is 19.7. The molecule has 0 fully saturated rings. The van der Waals surface area contributed by atoms with Crippen LogP contribution in [-0.2, 0) is 4.74 Å². The smallest absolute Gasteiger partial charge is 0.325 e. The Morgan fingerprint density at radius 1 is 1.37 bits per heavy atom. The van der Waals surface area contributed by atoms with Gasteiger partial charge in [0.2, 0.25) is 11.8 Å². The van der Waals surface area contributed by atoms with Crippen LogP contribution in [-0.4, -0.2) is 40.6 Å². The van der Waals surface area contributed by atoms with E-state index < -0.39 is 5.82 Å². The van der Waals surface area contributed by atoms with Crippen LogP contribution in [0.3, 0.4) is 0 Å². The Balaban J connectivity index is 2.10. The first-order valence-electron chi connectivity index (χ1n) is 7.82. The van der Waals surface area contributed by atoms with Crippen LogP contribution in [0, 0.1) is 18.2 Å². The Labute approximate surface area is 153 Å². The van der Waals surface area contributed by atoms with E-state index in [0.717, 1.165) is 6.33 Å². The van der Waals surface area contributed by atoms with Crippen LogP contribution in [0.4, 0.5) is 15.0 Å². The molecule has 140 valence electrons. The standard InChI is InChI=1S/C17H17FN6O3/c1-8-6-9-10(24(8)17(25)21-2)4-5-11(13(9)18)27-16-12(15(20)26-3)14(19)22-7-23-16/h4-7,20H,1-3H3,(H,21,25)(H2,19,22,23). The molecule has 2 aromatic heterocycles. The summed E-state index contributed by atoms with van der Waals surface area (Å²) in [6.07, 6.45) is 1.14. The molecule has 1 amide bonds. The van der Waals surface area contributed by atoms with E-state index in [1.165, 1.54) is 24.8 Å². The number of hydrogen-bond acceptors (Lipinski definition) is 7. The molecule has 2 heterocycles. The van der Waals surface area contributed by atoms with Crippen molar-refractivity contribution in [3.05, 3.63) is 41.6 Å². The Kier molecular flexibility index (Phi) is 4.63. The number of rotatable bonds is 3. The molecule has 0 atom stereocenters. The van der Waals surface area contributed by atoms with Gasteiger partial charge in [-0.25, -0.2) is 19.2 Å². The SMILES string of the molecule is CNC(=O)n1c(C)cc2c(F)c(Oc3ncnc(N)c3C(=N)OC)ccc21. The molecule has 0 spiro atoms. The second-order valence-corrected chi connectivity index (χ2v) is 5.56. The predicted octanol–water partition coefficient (Wildman–Crippen LogP) is 2.41. The number of aryl methyl sites for hydroxylation is 1. The maximum atomic E-state index is 15.0. The largest absolute Gasteiger partial charge is 0.481 e. The molecule has 0 unspecified atom stereocenters. The van der Waals surface area contributed by atoms with Crippen molar-refractivity contribution in [1.29, 1.82) is 5.41 Å². The summed E-state index contributed by atoms with van der Waals surface area (Å²) >= 11 is 0. The summed E-state index contributed by atoms with van der Waals surface area (Å²) in [5.41, 5.74) is 6.73. The van der Waals surface area contributed by atoms with E-state index in [9.17, 15) is 4.79 Å². The molecule has 0 aliphatic carbocycles. The highest BCUT2D eigenvalue weighted by molar-refractivity contribution is 5.98. The Bertz CT molecular complexity index is 1060. The fourth-order valence-corrected chi connectivity index (χ4v) is 2.70. The summed E-state index contributed by atoms with van der Waals surface area (Å²) in [7, 11) is 2.78. The van der Waals surface area contributed by atoms with Gasteiger partial charge in [0.25, 0.3) is 0 Å². The molecule has 0 aliphatic heterocycles. The van der Waals surface area contributed by atoms with Crippen LogP contribution < -0.4 is 15.8 Å². The number of nitrogens with two attached hydrogens (primary N) is 1. The van der Waals surface area contributed by atoms with Crippen molar-refractivity contribution < 1.29 is 18.7 Å². The van der Waals surface area contributed by atoms with Gasteiger partial charge in [-0.05, 0) is 25.1 Å². The van der Waals surface area contributed by atoms with Crippen molar-refractivity contribution in [2.24, 2.45) is 0 Å². The molecule has 0 saturated carbocycles. The van der Waals surface area contributed by atoms with Gasteiger partial charge in [0, 0.05) is 18.1 Å². The summed E-state index contributed by atoms with van der Waals surface area (Å²) in [5, 5.41) is 10.5. The highest BCUT2D eigenvalue weighted by Gasteiger charge is 2.21. The summed E-state index contributed by atoms with van der Waals surface area (Å²) in [6, 6.07) is 4.09. The van der Waals surface area contributed by atoms with Gasteiger partial charge < -0.3 is 20.5 Å². The molecular formula is C17H17FN6O3. The average Bonchev–Trinajstić information content (AvgIpc) is 3.00. The van der Waals surface area contributed by atoms with Gasteiger partial charge in [0.05, 0.1) is 12.6 Å². The minimum absolute atomic E-state index is 0.0126. The van der Waals surface area contributed by atoms with Gasteiger partial charge in [0.1, 0.15) is 17.7 Å². The van der Waals surface area contributed by atoms with E-state index >= 15 is 4.39 Å². The average molecular weight is 372 g/mol. The molecule has 27 heavy (non-hydrogen) atoms. The first kappa shape index (κ1) is 18.1.